The summed E-state index contributed by atoms with van der Waals surface area (Å²) in [6.07, 6.45) is 0. The number of likely N-dealkylation sites (tertiary alicyclic amines) is 1. The molecule has 14 heavy (non-hydrogen) atoms. The SMILES string of the molecule is CCN1CC(c2cc(=O)cc(C)[nH]2)C1. The van der Waals surface area contributed by atoms with Gasteiger partial charge in [-0.1, -0.05) is 6.92 Å². The van der Waals surface area contributed by atoms with Gasteiger partial charge in [-0.05, 0) is 13.5 Å². The highest BCUT2D eigenvalue weighted by molar-refractivity contribution is 5.17. The number of likely N-dealkylation sites (N-methyl/N-ethyl adjacent to an activating group) is 1. The molecule has 0 spiro atoms. The number of nitrogens with one attached hydrogen (secondary N) is 1. The van der Waals surface area contributed by atoms with Crippen molar-refractivity contribution in [2.75, 3.05) is 19.6 Å². The number of hydrogen-bond donors (Lipinski definition) is 1. The Kier molecular flexibility index (Phi) is 2.42. The second-order valence-corrected chi connectivity index (χ2v) is 4.00. The van der Waals surface area contributed by atoms with E-state index in [1.165, 1.54) is 0 Å². The maximum atomic E-state index is 11.3. The lowest BCUT2D eigenvalue weighted by Crippen LogP contribution is -2.45. The molecule has 2 heterocycles. The zero-order valence-electron chi connectivity index (χ0n) is 8.71. The number of nitrogens with zero attached hydrogens (tertiary/aromatic N) is 1. The van der Waals surface area contributed by atoms with E-state index < -0.39 is 0 Å². The Labute approximate surface area is 83.8 Å². The Balaban J connectivity index is 2.14. The summed E-state index contributed by atoms with van der Waals surface area (Å²) in [5.41, 5.74) is 2.17. The second-order valence-electron chi connectivity index (χ2n) is 4.00. The number of hydrogen-bond acceptors (Lipinski definition) is 2. The minimum absolute atomic E-state index is 0.117. The summed E-state index contributed by atoms with van der Waals surface area (Å²) in [4.78, 5) is 16.9. The van der Waals surface area contributed by atoms with E-state index in [2.05, 4.69) is 16.8 Å². The van der Waals surface area contributed by atoms with Crippen LogP contribution in [0.2, 0.25) is 0 Å². The first-order valence-corrected chi connectivity index (χ1v) is 5.12. The van der Waals surface area contributed by atoms with Crippen molar-refractivity contribution in [3.63, 3.8) is 0 Å². The van der Waals surface area contributed by atoms with Gasteiger partial charge in [0.1, 0.15) is 0 Å². The van der Waals surface area contributed by atoms with Gasteiger partial charge in [-0.15, -0.1) is 0 Å². The summed E-state index contributed by atoms with van der Waals surface area (Å²) in [5.74, 6) is 0.530. The van der Waals surface area contributed by atoms with E-state index in [-0.39, 0.29) is 5.43 Å². The molecule has 0 unspecified atom stereocenters. The minimum atomic E-state index is 0.117. The quantitative estimate of drug-likeness (QED) is 0.761. The van der Waals surface area contributed by atoms with Gasteiger partial charge in [0.15, 0.2) is 5.43 Å². The number of rotatable bonds is 2. The topological polar surface area (TPSA) is 36.1 Å². The summed E-state index contributed by atoms with van der Waals surface area (Å²) in [6.45, 7) is 7.36. The Morgan fingerprint density at radius 2 is 2.21 bits per heavy atom. The molecule has 1 fully saturated rings. The van der Waals surface area contributed by atoms with E-state index in [1.807, 2.05) is 6.92 Å². The molecule has 3 heteroatoms. The molecule has 0 aliphatic carbocycles. The van der Waals surface area contributed by atoms with Crippen LogP contribution in [0.4, 0.5) is 0 Å². The van der Waals surface area contributed by atoms with Crippen LogP contribution in [0.25, 0.3) is 0 Å². The summed E-state index contributed by atoms with van der Waals surface area (Å²) < 4.78 is 0. The smallest absolute Gasteiger partial charge is 0.182 e. The molecule has 76 valence electrons. The number of H-pyrrole nitrogens is 1. The normalized spacial score (nSPS) is 18.1. The van der Waals surface area contributed by atoms with Gasteiger partial charge in [-0.3, -0.25) is 4.79 Å². The number of aromatic nitrogens is 1. The lowest BCUT2D eigenvalue weighted by Gasteiger charge is -2.38. The Morgan fingerprint density at radius 3 is 2.79 bits per heavy atom. The van der Waals surface area contributed by atoms with Crippen LogP contribution in [0.1, 0.15) is 24.2 Å². The van der Waals surface area contributed by atoms with Crippen LogP contribution in [0.3, 0.4) is 0 Å². The van der Waals surface area contributed by atoms with E-state index in [1.54, 1.807) is 12.1 Å². The fourth-order valence-electron chi connectivity index (χ4n) is 1.95. The van der Waals surface area contributed by atoms with Crippen molar-refractivity contribution < 1.29 is 0 Å². The standard InChI is InChI=1S/C11H16N2O/c1-3-13-6-9(7-13)11-5-10(14)4-8(2)12-11/h4-5,9H,3,6-7H2,1-2H3,(H,12,14). The van der Waals surface area contributed by atoms with Crippen molar-refractivity contribution >= 4 is 0 Å². The Bertz CT molecular complexity index is 377. The third-order valence-electron chi connectivity index (χ3n) is 2.84. The average Bonchev–Trinajstić information content (AvgIpc) is 2.00. The monoisotopic (exact) mass is 192 g/mol. The fraction of sp³-hybridized carbons (Fsp3) is 0.545. The summed E-state index contributed by atoms with van der Waals surface area (Å²) in [5, 5.41) is 0. The highest BCUT2D eigenvalue weighted by atomic mass is 16.1. The van der Waals surface area contributed by atoms with Crippen LogP contribution in [0.15, 0.2) is 16.9 Å². The van der Waals surface area contributed by atoms with Crippen molar-refractivity contribution in [2.45, 2.75) is 19.8 Å². The average molecular weight is 192 g/mol. The molecule has 0 radical (unpaired) electrons. The predicted octanol–water partition coefficient (Wildman–Crippen LogP) is 1.10. The van der Waals surface area contributed by atoms with Gasteiger partial charge < -0.3 is 9.88 Å². The second kappa shape index (κ2) is 3.58. The molecule has 0 saturated carbocycles. The van der Waals surface area contributed by atoms with Gasteiger partial charge in [-0.25, -0.2) is 0 Å². The van der Waals surface area contributed by atoms with E-state index in [0.717, 1.165) is 31.0 Å². The molecule has 0 bridgehead atoms. The van der Waals surface area contributed by atoms with E-state index in [0.29, 0.717) is 5.92 Å². The van der Waals surface area contributed by atoms with Crippen molar-refractivity contribution in [1.29, 1.82) is 0 Å². The third kappa shape index (κ3) is 1.73. The molecule has 1 aromatic rings. The van der Waals surface area contributed by atoms with E-state index >= 15 is 0 Å². The van der Waals surface area contributed by atoms with Gasteiger partial charge in [-0.2, -0.15) is 0 Å². The van der Waals surface area contributed by atoms with Gasteiger partial charge in [0.25, 0.3) is 0 Å². The summed E-state index contributed by atoms with van der Waals surface area (Å²) >= 11 is 0. The summed E-state index contributed by atoms with van der Waals surface area (Å²) in [6, 6.07) is 3.37. The van der Waals surface area contributed by atoms with Crippen molar-refractivity contribution in [2.24, 2.45) is 0 Å². The molecule has 1 aliphatic rings. The van der Waals surface area contributed by atoms with Crippen LogP contribution < -0.4 is 5.43 Å². The Hall–Kier alpha value is -1.09. The van der Waals surface area contributed by atoms with E-state index in [9.17, 15) is 4.79 Å². The van der Waals surface area contributed by atoms with Crippen molar-refractivity contribution in [1.82, 2.24) is 9.88 Å². The maximum Gasteiger partial charge on any atom is 0.182 e. The van der Waals surface area contributed by atoms with Gasteiger partial charge in [0, 0.05) is 42.5 Å². The van der Waals surface area contributed by atoms with Gasteiger partial charge in [0.05, 0.1) is 0 Å². The maximum absolute atomic E-state index is 11.3. The number of aromatic amines is 1. The predicted molar refractivity (Wildman–Crippen MR) is 56.7 cm³/mol. The third-order valence-corrected chi connectivity index (χ3v) is 2.84. The zero-order chi connectivity index (χ0) is 10.1. The highest BCUT2D eigenvalue weighted by Gasteiger charge is 2.27. The van der Waals surface area contributed by atoms with Gasteiger partial charge >= 0.3 is 0 Å². The molecular formula is C11H16N2O. The minimum Gasteiger partial charge on any atom is -0.362 e. The molecule has 0 atom stereocenters. The van der Waals surface area contributed by atoms with Crippen LogP contribution in [-0.4, -0.2) is 29.5 Å². The number of pyridine rings is 1. The molecular weight excluding hydrogens is 176 g/mol. The zero-order valence-corrected chi connectivity index (χ0v) is 8.71. The highest BCUT2D eigenvalue weighted by Crippen LogP contribution is 2.24. The molecule has 0 amide bonds. The van der Waals surface area contributed by atoms with Crippen LogP contribution in [-0.2, 0) is 0 Å². The van der Waals surface area contributed by atoms with Crippen LogP contribution in [0.5, 0.6) is 0 Å². The van der Waals surface area contributed by atoms with Crippen molar-refractivity contribution in [3.05, 3.63) is 33.7 Å². The van der Waals surface area contributed by atoms with Crippen molar-refractivity contribution in [3.8, 4) is 0 Å². The molecule has 1 aromatic heterocycles. The first kappa shape index (κ1) is 9.46. The number of aryl methyl sites for hydroxylation is 1. The lowest BCUT2D eigenvalue weighted by atomic mass is 9.95. The van der Waals surface area contributed by atoms with Crippen LogP contribution in [0, 0.1) is 6.92 Å². The molecule has 1 N–H and O–H groups in total. The molecule has 1 saturated heterocycles. The molecule has 1 aliphatic heterocycles. The van der Waals surface area contributed by atoms with Crippen LogP contribution >= 0.6 is 0 Å². The Morgan fingerprint density at radius 1 is 1.50 bits per heavy atom. The van der Waals surface area contributed by atoms with E-state index in [4.69, 9.17) is 0 Å². The largest absolute Gasteiger partial charge is 0.362 e. The molecule has 3 nitrogen and oxygen atoms in total. The molecule has 0 aromatic carbocycles. The summed E-state index contributed by atoms with van der Waals surface area (Å²) in [7, 11) is 0. The first-order chi connectivity index (χ1) is 6.69. The lowest BCUT2D eigenvalue weighted by molar-refractivity contribution is 0.154. The van der Waals surface area contributed by atoms with Gasteiger partial charge in [0.2, 0.25) is 0 Å². The molecule has 2 rings (SSSR count). The fourth-order valence-corrected chi connectivity index (χ4v) is 1.95. The first-order valence-electron chi connectivity index (χ1n) is 5.12.